The van der Waals surface area contributed by atoms with Crippen LogP contribution in [-0.2, 0) is 4.79 Å². The molecule has 0 radical (unpaired) electrons. The van der Waals surface area contributed by atoms with Crippen molar-refractivity contribution in [3.8, 4) is 6.07 Å². The van der Waals surface area contributed by atoms with Crippen molar-refractivity contribution in [3.63, 3.8) is 0 Å². The Morgan fingerprint density at radius 2 is 1.88 bits per heavy atom. The highest BCUT2D eigenvalue weighted by atomic mass is 19.4. The molecule has 0 aromatic heterocycles. The third kappa shape index (κ3) is 2.83. The average molecular weight is 227 g/mol. The second kappa shape index (κ2) is 4.79. The summed E-state index contributed by atoms with van der Waals surface area (Å²) in [7, 11) is 0. The topological polar surface area (TPSA) is 40.9 Å². The number of hydrogen-bond acceptors (Lipinski definition) is 2. The molecule has 0 aliphatic rings. The average Bonchev–Trinajstić information content (AvgIpc) is 2.25. The van der Waals surface area contributed by atoms with Gasteiger partial charge in [-0.15, -0.1) is 0 Å². The van der Waals surface area contributed by atoms with Gasteiger partial charge in [0.15, 0.2) is 0 Å². The van der Waals surface area contributed by atoms with Crippen LogP contribution in [0, 0.1) is 11.3 Å². The minimum Gasteiger partial charge on any atom is -0.289 e. The first-order valence-electron chi connectivity index (χ1n) is 4.49. The molecule has 0 heterocycles. The number of halogens is 3. The largest absolute Gasteiger partial charge is 0.450 e. The van der Waals surface area contributed by atoms with Crippen LogP contribution in [0.4, 0.5) is 13.2 Å². The lowest BCUT2D eigenvalue weighted by Crippen LogP contribution is -2.29. The van der Waals surface area contributed by atoms with E-state index in [-0.39, 0.29) is 5.56 Å². The Bertz CT molecular complexity index is 405. The molecule has 0 spiro atoms. The van der Waals surface area contributed by atoms with Crippen molar-refractivity contribution in [1.29, 1.82) is 5.26 Å². The maximum atomic E-state index is 12.2. The molecule has 16 heavy (non-hydrogen) atoms. The van der Waals surface area contributed by atoms with Gasteiger partial charge in [-0.1, -0.05) is 30.3 Å². The van der Waals surface area contributed by atoms with E-state index in [1.54, 1.807) is 12.1 Å². The van der Waals surface area contributed by atoms with Gasteiger partial charge in [0.1, 0.15) is 0 Å². The molecule has 1 atom stereocenters. The van der Waals surface area contributed by atoms with Crippen LogP contribution in [0.1, 0.15) is 17.9 Å². The quantitative estimate of drug-likeness (QED) is 0.796. The van der Waals surface area contributed by atoms with Crippen molar-refractivity contribution in [1.82, 2.24) is 0 Å². The van der Waals surface area contributed by atoms with Gasteiger partial charge in [-0.25, -0.2) is 0 Å². The van der Waals surface area contributed by atoms with Gasteiger partial charge in [0.25, 0.3) is 0 Å². The van der Waals surface area contributed by atoms with Gasteiger partial charge >= 0.3 is 6.18 Å². The van der Waals surface area contributed by atoms with Crippen LogP contribution >= 0.6 is 0 Å². The molecule has 0 N–H and O–H groups in total. The molecule has 0 aliphatic heterocycles. The summed E-state index contributed by atoms with van der Waals surface area (Å²) in [5, 5.41) is 8.44. The zero-order valence-corrected chi connectivity index (χ0v) is 8.16. The predicted molar refractivity (Wildman–Crippen MR) is 50.5 cm³/mol. The minimum absolute atomic E-state index is 0.214. The Morgan fingerprint density at radius 3 is 2.31 bits per heavy atom. The van der Waals surface area contributed by atoms with E-state index in [0.29, 0.717) is 0 Å². The Balaban J connectivity index is 3.02. The number of rotatable bonds is 3. The van der Waals surface area contributed by atoms with Gasteiger partial charge in [-0.3, -0.25) is 4.79 Å². The first kappa shape index (κ1) is 12.2. The SMILES string of the molecule is N#CCC(C(=O)C(F)(F)F)c1ccccc1. The first-order valence-corrected chi connectivity index (χ1v) is 4.49. The lowest BCUT2D eigenvalue weighted by atomic mass is 9.92. The van der Waals surface area contributed by atoms with Crippen molar-refractivity contribution in [2.24, 2.45) is 0 Å². The molecule has 0 saturated heterocycles. The number of alkyl halides is 3. The Kier molecular flexibility index (Phi) is 3.67. The highest BCUT2D eigenvalue weighted by Crippen LogP contribution is 2.29. The summed E-state index contributed by atoms with van der Waals surface area (Å²) < 4.78 is 36.7. The highest BCUT2D eigenvalue weighted by molar-refractivity contribution is 5.90. The second-order valence-corrected chi connectivity index (χ2v) is 3.19. The fraction of sp³-hybridized carbons (Fsp3) is 0.273. The summed E-state index contributed by atoms with van der Waals surface area (Å²) in [6, 6.07) is 9.11. The maximum absolute atomic E-state index is 12.2. The van der Waals surface area contributed by atoms with Crippen molar-refractivity contribution in [2.75, 3.05) is 0 Å². The van der Waals surface area contributed by atoms with Gasteiger partial charge < -0.3 is 0 Å². The molecule has 0 saturated carbocycles. The number of hydrogen-bond donors (Lipinski definition) is 0. The third-order valence-corrected chi connectivity index (χ3v) is 2.09. The van der Waals surface area contributed by atoms with Crippen LogP contribution in [0.25, 0.3) is 0 Å². The van der Waals surface area contributed by atoms with Crippen LogP contribution < -0.4 is 0 Å². The van der Waals surface area contributed by atoms with Crippen LogP contribution in [0.3, 0.4) is 0 Å². The van der Waals surface area contributed by atoms with Crippen LogP contribution in [0.2, 0.25) is 0 Å². The molecule has 84 valence electrons. The van der Waals surface area contributed by atoms with E-state index in [1.165, 1.54) is 24.3 Å². The summed E-state index contributed by atoms with van der Waals surface area (Å²) in [5.74, 6) is -3.30. The lowest BCUT2D eigenvalue weighted by molar-refractivity contribution is -0.172. The fourth-order valence-electron chi connectivity index (χ4n) is 1.34. The van der Waals surface area contributed by atoms with E-state index < -0.39 is 24.3 Å². The molecule has 0 aliphatic carbocycles. The number of carbonyl (C=O) groups is 1. The molecule has 0 bridgehead atoms. The first-order chi connectivity index (χ1) is 7.46. The van der Waals surface area contributed by atoms with Crippen molar-refractivity contribution >= 4 is 5.78 Å². The monoisotopic (exact) mass is 227 g/mol. The molecule has 1 aromatic carbocycles. The number of carbonyl (C=O) groups excluding carboxylic acids is 1. The summed E-state index contributed by atoms with van der Waals surface area (Å²) in [4.78, 5) is 11.1. The molecule has 0 fully saturated rings. The number of Topliss-reactive ketones (excluding diaryl/α,β-unsaturated/α-hetero) is 1. The van der Waals surface area contributed by atoms with Crippen LogP contribution in [0.5, 0.6) is 0 Å². The molecule has 1 rings (SSSR count). The van der Waals surface area contributed by atoms with Gasteiger partial charge in [-0.05, 0) is 5.56 Å². The standard InChI is InChI=1S/C11H8F3NO/c12-11(13,14)10(16)9(6-7-15)8-4-2-1-3-5-8/h1-5,9H,6H2. The minimum atomic E-state index is -4.91. The Morgan fingerprint density at radius 1 is 1.31 bits per heavy atom. The van der Waals surface area contributed by atoms with Crippen molar-refractivity contribution < 1.29 is 18.0 Å². The summed E-state index contributed by atoms with van der Waals surface area (Å²) in [5.41, 5.74) is 0.214. The molecular formula is C11H8F3NO. The molecule has 5 heteroatoms. The van der Waals surface area contributed by atoms with Gasteiger partial charge in [0, 0.05) is 6.42 Å². The third-order valence-electron chi connectivity index (χ3n) is 2.09. The number of nitriles is 1. The zero-order valence-electron chi connectivity index (χ0n) is 8.16. The molecule has 0 amide bonds. The zero-order chi connectivity index (χ0) is 12.2. The summed E-state index contributed by atoms with van der Waals surface area (Å²) in [6.45, 7) is 0. The summed E-state index contributed by atoms with van der Waals surface area (Å²) in [6.07, 6.45) is -5.38. The molecule has 1 unspecified atom stereocenters. The Hall–Kier alpha value is -1.83. The Labute approximate surface area is 90.3 Å². The number of nitrogens with zero attached hydrogens (tertiary/aromatic N) is 1. The van der Waals surface area contributed by atoms with E-state index in [1.807, 2.05) is 0 Å². The van der Waals surface area contributed by atoms with Gasteiger partial charge in [-0.2, -0.15) is 18.4 Å². The highest BCUT2D eigenvalue weighted by Gasteiger charge is 2.43. The van der Waals surface area contributed by atoms with Gasteiger partial charge in [0.05, 0.1) is 12.0 Å². The van der Waals surface area contributed by atoms with Crippen LogP contribution in [0.15, 0.2) is 30.3 Å². The molecular weight excluding hydrogens is 219 g/mol. The maximum Gasteiger partial charge on any atom is 0.450 e. The van der Waals surface area contributed by atoms with E-state index in [2.05, 4.69) is 0 Å². The van der Waals surface area contributed by atoms with E-state index in [4.69, 9.17) is 5.26 Å². The van der Waals surface area contributed by atoms with E-state index >= 15 is 0 Å². The number of benzene rings is 1. The predicted octanol–water partition coefficient (Wildman–Crippen LogP) is 2.82. The number of ketones is 1. The fourth-order valence-corrected chi connectivity index (χ4v) is 1.34. The van der Waals surface area contributed by atoms with Crippen molar-refractivity contribution in [2.45, 2.75) is 18.5 Å². The normalized spacial score (nSPS) is 12.9. The van der Waals surface area contributed by atoms with Crippen LogP contribution in [-0.4, -0.2) is 12.0 Å². The van der Waals surface area contributed by atoms with Gasteiger partial charge in [0.2, 0.25) is 5.78 Å². The van der Waals surface area contributed by atoms with Crippen molar-refractivity contribution in [3.05, 3.63) is 35.9 Å². The van der Waals surface area contributed by atoms with E-state index in [9.17, 15) is 18.0 Å². The molecule has 2 nitrogen and oxygen atoms in total. The molecule has 1 aromatic rings. The lowest BCUT2D eigenvalue weighted by Gasteiger charge is -2.14. The van der Waals surface area contributed by atoms with E-state index in [0.717, 1.165) is 0 Å². The smallest absolute Gasteiger partial charge is 0.289 e. The second-order valence-electron chi connectivity index (χ2n) is 3.19. The summed E-state index contributed by atoms with van der Waals surface area (Å²) >= 11 is 0.